The molecule has 174 valence electrons. The van der Waals surface area contributed by atoms with Crippen molar-refractivity contribution in [3.8, 4) is 0 Å². The number of piperidine rings is 1. The number of pyridine rings is 1. The third-order valence-corrected chi connectivity index (χ3v) is 6.32. The van der Waals surface area contributed by atoms with Crippen molar-refractivity contribution >= 4 is 23.9 Å². The molecule has 5 rings (SSSR count). The normalized spacial score (nSPS) is 21.4. The number of carbonyl (C=O) groups is 3. The van der Waals surface area contributed by atoms with E-state index in [1.54, 1.807) is 27.5 Å². The SMILES string of the molecule is Cc1cn(CCNC(=O)[C@@H]2C[C@H]3CCN(C(=O)c4ccc5ncnn5c4)C[C@H]32)nn1.O=CO. The first kappa shape index (κ1) is 22.4. The van der Waals surface area contributed by atoms with Crippen LogP contribution in [0.15, 0.2) is 30.9 Å². The van der Waals surface area contributed by atoms with Crippen molar-refractivity contribution in [2.24, 2.45) is 17.8 Å². The quantitative estimate of drug-likeness (QED) is 0.521. The van der Waals surface area contributed by atoms with Crippen molar-refractivity contribution in [2.45, 2.75) is 26.3 Å². The molecule has 1 saturated heterocycles. The monoisotopic (exact) mass is 454 g/mol. The Morgan fingerprint density at radius 1 is 1.30 bits per heavy atom. The maximum absolute atomic E-state index is 13.0. The second-order valence-corrected chi connectivity index (χ2v) is 8.31. The van der Waals surface area contributed by atoms with Crippen LogP contribution < -0.4 is 5.32 Å². The summed E-state index contributed by atoms with van der Waals surface area (Å²) in [6.45, 7) is 4.12. The molecule has 1 aliphatic heterocycles. The molecule has 2 aliphatic rings. The van der Waals surface area contributed by atoms with Gasteiger partial charge in [-0.3, -0.25) is 19.1 Å². The van der Waals surface area contributed by atoms with Crippen molar-refractivity contribution in [1.82, 2.24) is 39.8 Å². The number of likely N-dealkylation sites (tertiary alicyclic amines) is 1. The van der Waals surface area contributed by atoms with Gasteiger partial charge in [-0.15, -0.1) is 5.10 Å². The van der Waals surface area contributed by atoms with Gasteiger partial charge >= 0.3 is 0 Å². The van der Waals surface area contributed by atoms with Gasteiger partial charge in [0, 0.05) is 37.9 Å². The molecule has 2 fully saturated rings. The number of aryl methyl sites for hydroxylation is 1. The van der Waals surface area contributed by atoms with Crippen LogP contribution in [0.4, 0.5) is 0 Å². The molecular formula is C21H26N8O4. The van der Waals surface area contributed by atoms with Crippen LogP contribution in [0.25, 0.3) is 5.65 Å². The highest BCUT2D eigenvalue weighted by molar-refractivity contribution is 5.94. The van der Waals surface area contributed by atoms with Crippen LogP contribution in [0.3, 0.4) is 0 Å². The minimum Gasteiger partial charge on any atom is -0.483 e. The average Bonchev–Trinajstić information content (AvgIpc) is 3.42. The van der Waals surface area contributed by atoms with Crippen LogP contribution in [0.2, 0.25) is 0 Å². The second-order valence-electron chi connectivity index (χ2n) is 8.31. The first-order valence-electron chi connectivity index (χ1n) is 10.8. The molecule has 0 aromatic carbocycles. The van der Waals surface area contributed by atoms with E-state index in [4.69, 9.17) is 9.90 Å². The van der Waals surface area contributed by atoms with Gasteiger partial charge in [-0.25, -0.2) is 9.50 Å². The van der Waals surface area contributed by atoms with E-state index in [1.165, 1.54) is 6.33 Å². The Kier molecular flexibility index (Phi) is 6.61. The number of hydrogen-bond acceptors (Lipinski definition) is 7. The highest BCUT2D eigenvalue weighted by atomic mass is 16.3. The second kappa shape index (κ2) is 9.76. The number of carboxylic acid groups (broad SMARTS) is 1. The topological polar surface area (TPSA) is 148 Å². The molecule has 0 bridgehead atoms. The van der Waals surface area contributed by atoms with Crippen LogP contribution in [-0.2, 0) is 16.1 Å². The number of hydrogen-bond donors (Lipinski definition) is 2. The number of nitrogens with zero attached hydrogens (tertiary/aromatic N) is 7. The largest absolute Gasteiger partial charge is 0.483 e. The van der Waals surface area contributed by atoms with Gasteiger partial charge in [0.05, 0.1) is 17.8 Å². The molecule has 1 saturated carbocycles. The summed E-state index contributed by atoms with van der Waals surface area (Å²) < 4.78 is 3.34. The lowest BCUT2D eigenvalue weighted by Gasteiger charge is -2.50. The molecule has 2 amide bonds. The zero-order chi connectivity index (χ0) is 23.4. The van der Waals surface area contributed by atoms with Crippen molar-refractivity contribution < 1.29 is 19.5 Å². The van der Waals surface area contributed by atoms with E-state index in [0.717, 1.165) is 25.1 Å². The van der Waals surface area contributed by atoms with E-state index < -0.39 is 0 Å². The number of carbonyl (C=O) groups excluding carboxylic acids is 2. The van der Waals surface area contributed by atoms with E-state index in [0.29, 0.717) is 36.8 Å². The van der Waals surface area contributed by atoms with Crippen LogP contribution in [0.1, 0.15) is 28.9 Å². The number of fused-ring (bicyclic) bond motifs is 2. The standard InChI is InChI=1S/C20H24N8O2.CH2O2/c1-13-9-27(25-24-13)7-5-21-19(29)16-8-14-4-6-26(11-17(14)16)20(30)15-2-3-18-22-12-23-28(18)10-15;2-1-3/h2-3,9-10,12,14,16-17H,4-8,11H2,1H3,(H,21,29);1H,(H,2,3)/t14-,16-,17-;/m1./s1. The molecule has 2 N–H and O–H groups in total. The first-order chi connectivity index (χ1) is 16.0. The van der Waals surface area contributed by atoms with Gasteiger partial charge in [-0.1, -0.05) is 5.21 Å². The Balaban J connectivity index is 0.000000821. The van der Waals surface area contributed by atoms with Gasteiger partial charge in [-0.2, -0.15) is 5.10 Å². The zero-order valence-electron chi connectivity index (χ0n) is 18.2. The average molecular weight is 454 g/mol. The van der Waals surface area contributed by atoms with Gasteiger partial charge in [-0.05, 0) is 43.7 Å². The van der Waals surface area contributed by atoms with Crippen molar-refractivity contribution in [1.29, 1.82) is 0 Å². The maximum Gasteiger partial charge on any atom is 0.290 e. The fraction of sp³-hybridized carbons (Fsp3) is 0.476. The molecule has 4 heterocycles. The van der Waals surface area contributed by atoms with E-state index >= 15 is 0 Å². The van der Waals surface area contributed by atoms with Gasteiger partial charge in [0.25, 0.3) is 12.4 Å². The first-order valence-corrected chi connectivity index (χ1v) is 10.8. The number of nitrogens with one attached hydrogen (secondary N) is 1. The van der Waals surface area contributed by atoms with E-state index in [2.05, 4.69) is 25.7 Å². The van der Waals surface area contributed by atoms with Crippen molar-refractivity contribution in [3.05, 3.63) is 42.1 Å². The number of amides is 2. The Bertz CT molecular complexity index is 1140. The van der Waals surface area contributed by atoms with E-state index in [1.807, 2.05) is 18.0 Å². The van der Waals surface area contributed by atoms with Crippen molar-refractivity contribution in [3.63, 3.8) is 0 Å². The lowest BCUT2D eigenvalue weighted by Crippen LogP contribution is -2.56. The fourth-order valence-corrected chi connectivity index (χ4v) is 4.63. The zero-order valence-corrected chi connectivity index (χ0v) is 18.2. The predicted molar refractivity (Wildman–Crippen MR) is 115 cm³/mol. The van der Waals surface area contributed by atoms with Gasteiger partial charge in [0.2, 0.25) is 5.91 Å². The molecular weight excluding hydrogens is 428 g/mol. The highest BCUT2D eigenvalue weighted by Crippen LogP contribution is 2.45. The molecule has 0 unspecified atom stereocenters. The minimum atomic E-state index is -0.250. The van der Waals surface area contributed by atoms with Crippen LogP contribution in [0.5, 0.6) is 0 Å². The Morgan fingerprint density at radius 2 is 2.12 bits per heavy atom. The summed E-state index contributed by atoms with van der Waals surface area (Å²) in [5.74, 6) is 0.790. The lowest BCUT2D eigenvalue weighted by molar-refractivity contribution is -0.136. The third kappa shape index (κ3) is 4.83. The van der Waals surface area contributed by atoms with Crippen LogP contribution >= 0.6 is 0 Å². The third-order valence-electron chi connectivity index (χ3n) is 6.32. The molecule has 3 aromatic rings. The summed E-state index contributed by atoms with van der Waals surface area (Å²) in [5, 5.41) is 22.0. The van der Waals surface area contributed by atoms with Crippen LogP contribution in [-0.4, -0.2) is 77.5 Å². The molecule has 12 heteroatoms. The lowest BCUT2D eigenvalue weighted by atomic mass is 9.61. The summed E-state index contributed by atoms with van der Waals surface area (Å²) in [6.07, 6.45) is 6.90. The summed E-state index contributed by atoms with van der Waals surface area (Å²) in [6, 6.07) is 3.58. The minimum absolute atomic E-state index is 0.0153. The van der Waals surface area contributed by atoms with Crippen molar-refractivity contribution in [2.75, 3.05) is 19.6 Å². The summed E-state index contributed by atoms with van der Waals surface area (Å²) in [7, 11) is 0. The molecule has 1 aliphatic carbocycles. The molecule has 3 aromatic heterocycles. The molecule has 12 nitrogen and oxygen atoms in total. The number of aromatic nitrogens is 6. The summed E-state index contributed by atoms with van der Waals surface area (Å²) in [4.78, 5) is 40.0. The summed E-state index contributed by atoms with van der Waals surface area (Å²) in [5.41, 5.74) is 2.16. The Labute approximate surface area is 189 Å². The molecule has 0 spiro atoms. The van der Waals surface area contributed by atoms with E-state index in [9.17, 15) is 9.59 Å². The molecule has 0 radical (unpaired) electrons. The predicted octanol–water partition coefficient (Wildman–Crippen LogP) is 0.245. The van der Waals surface area contributed by atoms with Gasteiger partial charge in [0.15, 0.2) is 5.65 Å². The van der Waals surface area contributed by atoms with E-state index in [-0.39, 0.29) is 30.1 Å². The number of rotatable bonds is 5. The smallest absolute Gasteiger partial charge is 0.290 e. The fourth-order valence-electron chi connectivity index (χ4n) is 4.63. The summed E-state index contributed by atoms with van der Waals surface area (Å²) >= 11 is 0. The molecule has 3 atom stereocenters. The Hall–Kier alpha value is -3.83. The van der Waals surface area contributed by atoms with Gasteiger partial charge in [0.1, 0.15) is 6.33 Å². The van der Waals surface area contributed by atoms with Crippen LogP contribution in [0, 0.1) is 24.7 Å². The Morgan fingerprint density at radius 3 is 2.88 bits per heavy atom. The highest BCUT2D eigenvalue weighted by Gasteiger charge is 2.48. The van der Waals surface area contributed by atoms with Gasteiger partial charge < -0.3 is 15.3 Å². The molecule has 33 heavy (non-hydrogen) atoms. The maximum atomic E-state index is 13.0.